The second kappa shape index (κ2) is 14.6. The summed E-state index contributed by atoms with van der Waals surface area (Å²) in [5.41, 5.74) is 8.96. The van der Waals surface area contributed by atoms with Gasteiger partial charge in [0.15, 0.2) is 17.3 Å². The summed E-state index contributed by atoms with van der Waals surface area (Å²) in [6.45, 7) is 2.86. The van der Waals surface area contributed by atoms with Crippen LogP contribution in [-0.4, -0.2) is 20.0 Å². The molecule has 0 aliphatic carbocycles. The number of nitrogens with zero attached hydrogens (tertiary/aromatic N) is 2. The molecule has 0 radical (unpaired) electrons. The third-order valence-corrected chi connectivity index (χ3v) is 10.9. The minimum absolute atomic E-state index is 0.138. The number of hydrogen-bond acceptors (Lipinski definition) is 4. The Morgan fingerprint density at radius 2 is 0.898 bits per heavy atom. The van der Waals surface area contributed by atoms with Crippen LogP contribution in [0, 0.1) is 0 Å². The molecular weight excluding hydrogens is 729 g/mol. The lowest BCUT2D eigenvalue weighted by atomic mass is 10.0. The summed E-state index contributed by atoms with van der Waals surface area (Å²) in [5.74, 6) is 0.866. The van der Waals surface area contributed by atoms with E-state index in [-0.39, 0.29) is 11.5 Å². The quantitative estimate of drug-likeness (QED) is 0.117. The summed E-state index contributed by atoms with van der Waals surface area (Å²) < 4.78 is 18.5. The maximum Gasteiger partial charge on any atom is 0.207 e. The van der Waals surface area contributed by atoms with Gasteiger partial charge in [-0.3, -0.25) is 4.79 Å². The SMILES string of the molecule is CC(=O)C(Oc1c(-c2ccccc2)cc(Oc2c(-c3ccccc3)cccc2-n2c3ccccc3c3ccccc32)cc1-n1c2ccccc2c2ccccc21)=C(C)O. The number of carbonyl (C=O) groups is 1. The number of benzene rings is 8. The molecule has 6 heteroatoms. The zero-order chi connectivity index (χ0) is 40.0. The van der Waals surface area contributed by atoms with Crippen LogP contribution in [-0.2, 0) is 4.79 Å². The molecule has 0 saturated carbocycles. The summed E-state index contributed by atoms with van der Waals surface area (Å²) in [7, 11) is 0. The van der Waals surface area contributed by atoms with Crippen LogP contribution in [0.15, 0.2) is 200 Å². The molecule has 6 nitrogen and oxygen atoms in total. The lowest BCUT2D eigenvalue weighted by Gasteiger charge is -2.22. The minimum Gasteiger partial charge on any atom is -0.509 e. The first-order valence-electron chi connectivity index (χ1n) is 19.6. The third-order valence-electron chi connectivity index (χ3n) is 10.9. The van der Waals surface area contributed by atoms with E-state index in [1.165, 1.54) is 13.8 Å². The van der Waals surface area contributed by atoms with Gasteiger partial charge in [-0.05, 0) is 54.4 Å². The fraction of sp³-hybridized carbons (Fsp3) is 0.0377. The highest BCUT2D eigenvalue weighted by atomic mass is 16.5. The highest BCUT2D eigenvalue weighted by Crippen LogP contribution is 2.47. The van der Waals surface area contributed by atoms with Crippen LogP contribution < -0.4 is 9.47 Å². The maximum absolute atomic E-state index is 13.1. The second-order valence-corrected chi connectivity index (χ2v) is 14.6. The largest absolute Gasteiger partial charge is 0.509 e. The van der Waals surface area contributed by atoms with Crippen molar-refractivity contribution in [3.63, 3.8) is 0 Å². The number of aliphatic hydroxyl groups excluding tert-OH is 1. The Balaban J connectivity index is 1.30. The average Bonchev–Trinajstić information content (AvgIpc) is 3.79. The van der Waals surface area contributed by atoms with Gasteiger partial charge in [-0.15, -0.1) is 0 Å². The van der Waals surface area contributed by atoms with E-state index < -0.39 is 5.78 Å². The number of hydrogen-bond donors (Lipinski definition) is 1. The van der Waals surface area contributed by atoms with Crippen LogP contribution >= 0.6 is 0 Å². The van der Waals surface area contributed by atoms with Crippen molar-refractivity contribution in [1.29, 1.82) is 0 Å². The fourth-order valence-electron chi connectivity index (χ4n) is 8.39. The Morgan fingerprint density at radius 3 is 1.37 bits per heavy atom. The number of ketones is 1. The zero-order valence-electron chi connectivity index (χ0n) is 32.5. The van der Waals surface area contributed by atoms with E-state index in [4.69, 9.17) is 9.47 Å². The molecule has 0 aliphatic heterocycles. The molecule has 2 heterocycles. The zero-order valence-corrected chi connectivity index (χ0v) is 32.5. The molecule has 0 fully saturated rings. The number of aliphatic hydroxyl groups is 1. The van der Waals surface area contributed by atoms with Gasteiger partial charge in [0.25, 0.3) is 0 Å². The normalized spacial score (nSPS) is 12.0. The first kappa shape index (κ1) is 35.6. The number of rotatable bonds is 9. The molecule has 0 atom stereocenters. The van der Waals surface area contributed by atoms with Crippen molar-refractivity contribution in [3.8, 4) is 50.9 Å². The Hall–Kier alpha value is -7.83. The molecule has 2 aromatic heterocycles. The van der Waals surface area contributed by atoms with Crippen LogP contribution in [0.5, 0.6) is 17.2 Å². The van der Waals surface area contributed by atoms with Gasteiger partial charge < -0.3 is 23.7 Å². The summed E-state index contributed by atoms with van der Waals surface area (Å²) in [6.07, 6.45) is 0. The lowest BCUT2D eigenvalue weighted by molar-refractivity contribution is -0.115. The van der Waals surface area contributed by atoms with Crippen molar-refractivity contribution in [1.82, 2.24) is 9.13 Å². The van der Waals surface area contributed by atoms with Crippen LogP contribution in [0.1, 0.15) is 13.8 Å². The Bertz CT molecular complexity index is 3160. The summed E-state index contributed by atoms with van der Waals surface area (Å²) in [4.78, 5) is 13.1. The number of Topliss-reactive ketones (excluding diaryl/α,β-unsaturated/α-hetero) is 1. The van der Waals surface area contributed by atoms with Crippen molar-refractivity contribution in [2.75, 3.05) is 0 Å². The van der Waals surface area contributed by atoms with Crippen molar-refractivity contribution in [2.45, 2.75) is 13.8 Å². The van der Waals surface area contributed by atoms with Crippen molar-refractivity contribution < 1.29 is 19.4 Å². The average molecular weight is 767 g/mol. The first-order chi connectivity index (χ1) is 29.0. The third kappa shape index (κ3) is 6.10. The highest BCUT2D eigenvalue weighted by molar-refractivity contribution is 6.11. The molecule has 284 valence electrons. The number of allylic oxidation sites excluding steroid dienone is 2. The summed E-state index contributed by atoms with van der Waals surface area (Å²) >= 11 is 0. The molecule has 0 aliphatic rings. The van der Waals surface area contributed by atoms with Crippen molar-refractivity contribution in [2.24, 2.45) is 0 Å². The Morgan fingerprint density at radius 1 is 0.458 bits per heavy atom. The number of para-hydroxylation sites is 5. The van der Waals surface area contributed by atoms with Gasteiger partial charge in [-0.2, -0.15) is 0 Å². The number of fused-ring (bicyclic) bond motifs is 6. The molecule has 10 rings (SSSR count). The van der Waals surface area contributed by atoms with Gasteiger partial charge >= 0.3 is 0 Å². The van der Waals surface area contributed by atoms with Gasteiger partial charge in [0.05, 0.1) is 33.4 Å². The van der Waals surface area contributed by atoms with Crippen LogP contribution in [0.2, 0.25) is 0 Å². The van der Waals surface area contributed by atoms with Gasteiger partial charge in [0.1, 0.15) is 11.5 Å². The van der Waals surface area contributed by atoms with Crippen LogP contribution in [0.3, 0.4) is 0 Å². The van der Waals surface area contributed by atoms with E-state index in [0.717, 1.165) is 66.0 Å². The molecule has 0 bridgehead atoms. The fourth-order valence-corrected chi connectivity index (χ4v) is 8.39. The van der Waals surface area contributed by atoms with Gasteiger partial charge in [-0.1, -0.05) is 146 Å². The lowest BCUT2D eigenvalue weighted by Crippen LogP contribution is -2.11. The van der Waals surface area contributed by atoms with Crippen molar-refractivity contribution in [3.05, 3.63) is 200 Å². The molecule has 0 unspecified atom stereocenters. The van der Waals surface area contributed by atoms with Crippen LogP contribution in [0.4, 0.5) is 0 Å². The smallest absolute Gasteiger partial charge is 0.207 e. The molecule has 59 heavy (non-hydrogen) atoms. The number of ether oxygens (including phenoxy) is 2. The predicted molar refractivity (Wildman–Crippen MR) is 239 cm³/mol. The minimum atomic E-state index is -0.398. The maximum atomic E-state index is 13.1. The van der Waals surface area contributed by atoms with Gasteiger partial charge in [-0.25, -0.2) is 0 Å². The molecular formula is C53H38N2O4. The topological polar surface area (TPSA) is 65.6 Å². The monoisotopic (exact) mass is 766 g/mol. The van der Waals surface area contributed by atoms with Crippen molar-refractivity contribution >= 4 is 49.4 Å². The molecule has 8 aromatic carbocycles. The number of aromatic nitrogens is 2. The predicted octanol–water partition coefficient (Wildman–Crippen LogP) is 13.8. The number of carbonyl (C=O) groups excluding carboxylic acids is 1. The Kier molecular flexibility index (Phi) is 8.80. The Labute approximate surface area is 341 Å². The van der Waals surface area contributed by atoms with E-state index in [9.17, 15) is 9.90 Å². The van der Waals surface area contributed by atoms with Gasteiger partial charge in [0, 0.05) is 45.7 Å². The van der Waals surface area contributed by atoms with Crippen LogP contribution in [0.25, 0.3) is 77.2 Å². The van der Waals surface area contributed by atoms with E-state index in [1.807, 2.05) is 84.9 Å². The van der Waals surface area contributed by atoms with E-state index >= 15 is 0 Å². The second-order valence-electron chi connectivity index (χ2n) is 14.6. The molecule has 10 aromatic rings. The molecule has 0 amide bonds. The molecule has 0 spiro atoms. The van der Waals surface area contributed by atoms with E-state index in [0.29, 0.717) is 28.5 Å². The highest BCUT2D eigenvalue weighted by Gasteiger charge is 2.26. The van der Waals surface area contributed by atoms with Gasteiger partial charge in [0.2, 0.25) is 5.76 Å². The molecule has 1 N–H and O–H groups in total. The molecule has 0 saturated heterocycles. The van der Waals surface area contributed by atoms with E-state index in [1.54, 1.807) is 0 Å². The summed E-state index contributed by atoms with van der Waals surface area (Å²) in [5, 5.41) is 15.2. The first-order valence-corrected chi connectivity index (χ1v) is 19.6. The van der Waals surface area contributed by atoms with E-state index in [2.05, 4.69) is 112 Å². The summed E-state index contributed by atoms with van der Waals surface area (Å²) in [6, 6.07) is 63.8. The standard InChI is InChI=1S/C53H38N2O4/c1-34(56)51(35(2)57)59-53-44(37-20-7-4-8-21-37)32-38(33-50(53)55-47-29-15-11-24-42(47)43-25-12-16-30-48(43)55)58-52-39(36-18-5-3-6-19-36)26-17-31-49(52)54-45-27-13-9-22-40(45)41-23-10-14-28-46(41)54/h3-33,56H,1-2H3.